The van der Waals surface area contributed by atoms with Gasteiger partial charge in [-0.3, -0.25) is 19.4 Å². The fourth-order valence-electron chi connectivity index (χ4n) is 4.78. The standard InChI is InChI=1S/C21H23N5O/c1-25-12-21(13-25)6-15(7-21)20(27)5-18-3-14-4-19(17-10-24-26(2)11-17)23-9-16(14)8-22-18/h3-4,8-11,15H,5-7,12-13H2,1-2H3. The van der Waals surface area contributed by atoms with E-state index in [0.29, 0.717) is 17.6 Å². The lowest BCUT2D eigenvalue weighted by Crippen LogP contribution is -2.61. The van der Waals surface area contributed by atoms with Crippen LogP contribution < -0.4 is 0 Å². The minimum atomic E-state index is 0.222. The topological polar surface area (TPSA) is 63.9 Å². The van der Waals surface area contributed by atoms with Gasteiger partial charge in [0, 0.05) is 67.7 Å². The molecule has 2 fully saturated rings. The molecule has 0 aromatic carbocycles. The smallest absolute Gasteiger partial charge is 0.141 e. The Morgan fingerprint density at radius 1 is 1.11 bits per heavy atom. The Kier molecular flexibility index (Phi) is 3.65. The molecule has 3 aromatic rings. The van der Waals surface area contributed by atoms with Gasteiger partial charge in [0.2, 0.25) is 0 Å². The number of carbonyl (C=O) groups is 1. The van der Waals surface area contributed by atoms with E-state index < -0.39 is 0 Å². The van der Waals surface area contributed by atoms with Crippen LogP contribution in [0.4, 0.5) is 0 Å². The van der Waals surface area contributed by atoms with Crippen LogP contribution in [0.5, 0.6) is 0 Å². The first kappa shape index (κ1) is 16.6. The summed E-state index contributed by atoms with van der Waals surface area (Å²) in [4.78, 5) is 24.0. The van der Waals surface area contributed by atoms with Crippen molar-refractivity contribution in [3.8, 4) is 11.3 Å². The van der Waals surface area contributed by atoms with Crippen LogP contribution in [0.3, 0.4) is 0 Å². The highest BCUT2D eigenvalue weighted by molar-refractivity contribution is 5.87. The van der Waals surface area contributed by atoms with Gasteiger partial charge in [-0.1, -0.05) is 0 Å². The van der Waals surface area contributed by atoms with E-state index in [-0.39, 0.29) is 5.92 Å². The van der Waals surface area contributed by atoms with Crippen LogP contribution in [0.1, 0.15) is 18.5 Å². The summed E-state index contributed by atoms with van der Waals surface area (Å²) in [5.41, 5.74) is 3.16. The lowest BCUT2D eigenvalue weighted by Gasteiger charge is -2.58. The van der Waals surface area contributed by atoms with Crippen LogP contribution in [0.2, 0.25) is 0 Å². The molecule has 6 heteroatoms. The Bertz CT molecular complexity index is 1030. The van der Waals surface area contributed by atoms with Crippen LogP contribution in [0.15, 0.2) is 36.9 Å². The van der Waals surface area contributed by atoms with Crippen molar-refractivity contribution in [2.24, 2.45) is 18.4 Å². The van der Waals surface area contributed by atoms with Crippen LogP contribution in [-0.2, 0) is 18.3 Å². The van der Waals surface area contributed by atoms with E-state index >= 15 is 0 Å². The average molecular weight is 361 g/mol. The van der Waals surface area contributed by atoms with E-state index in [4.69, 9.17) is 0 Å². The summed E-state index contributed by atoms with van der Waals surface area (Å²) in [6.45, 7) is 2.30. The van der Waals surface area contributed by atoms with E-state index in [0.717, 1.165) is 53.7 Å². The molecule has 0 unspecified atom stereocenters. The molecule has 138 valence electrons. The van der Waals surface area contributed by atoms with Gasteiger partial charge in [0.25, 0.3) is 0 Å². The minimum absolute atomic E-state index is 0.222. The van der Waals surface area contributed by atoms with Crippen molar-refractivity contribution < 1.29 is 4.79 Å². The average Bonchev–Trinajstić information content (AvgIpc) is 3.02. The largest absolute Gasteiger partial charge is 0.305 e. The number of Topliss-reactive ketones (excluding diaryl/α,β-unsaturated/α-hetero) is 1. The first-order valence-corrected chi connectivity index (χ1v) is 9.45. The van der Waals surface area contributed by atoms with Crippen LogP contribution in [0.25, 0.3) is 22.0 Å². The van der Waals surface area contributed by atoms with Crippen LogP contribution in [0, 0.1) is 11.3 Å². The number of carbonyl (C=O) groups excluding carboxylic acids is 1. The predicted octanol–water partition coefficient (Wildman–Crippen LogP) is 2.48. The lowest BCUT2D eigenvalue weighted by atomic mass is 9.56. The molecule has 0 amide bonds. The summed E-state index contributed by atoms with van der Waals surface area (Å²) in [6.07, 6.45) is 9.95. The SMILES string of the molecule is CN1CC2(CC(C(=O)Cc3cc4cc(-c5cnn(C)c5)ncc4cn3)C2)C1. The normalized spacial score (nSPS) is 19.2. The van der Waals surface area contributed by atoms with E-state index in [1.807, 2.05) is 44.0 Å². The number of aryl methyl sites for hydroxylation is 1. The van der Waals surface area contributed by atoms with E-state index in [2.05, 4.69) is 27.0 Å². The number of fused-ring (bicyclic) bond motifs is 1. The highest BCUT2D eigenvalue weighted by Crippen LogP contribution is 2.51. The molecule has 5 rings (SSSR count). The maximum atomic E-state index is 12.7. The maximum Gasteiger partial charge on any atom is 0.141 e. The molecule has 3 aromatic heterocycles. The predicted molar refractivity (Wildman–Crippen MR) is 103 cm³/mol. The number of aromatic nitrogens is 4. The van der Waals surface area contributed by atoms with E-state index in [9.17, 15) is 4.79 Å². The quantitative estimate of drug-likeness (QED) is 0.714. The zero-order valence-electron chi connectivity index (χ0n) is 15.7. The second-order valence-corrected chi connectivity index (χ2v) is 8.42. The molecular formula is C21H23N5O. The van der Waals surface area contributed by atoms with Gasteiger partial charge in [-0.25, -0.2) is 0 Å². The van der Waals surface area contributed by atoms with Crippen molar-refractivity contribution in [2.45, 2.75) is 19.3 Å². The van der Waals surface area contributed by atoms with E-state index in [1.165, 1.54) is 0 Å². The molecule has 2 aliphatic rings. The molecule has 0 radical (unpaired) electrons. The molecule has 1 saturated heterocycles. The van der Waals surface area contributed by atoms with Gasteiger partial charge in [-0.2, -0.15) is 5.10 Å². The number of pyridine rings is 2. The summed E-state index contributed by atoms with van der Waals surface area (Å²) < 4.78 is 1.77. The zero-order valence-corrected chi connectivity index (χ0v) is 15.7. The van der Waals surface area contributed by atoms with E-state index in [1.54, 1.807) is 4.68 Å². The third kappa shape index (κ3) is 2.94. The van der Waals surface area contributed by atoms with Gasteiger partial charge in [0.15, 0.2) is 0 Å². The second-order valence-electron chi connectivity index (χ2n) is 8.42. The monoisotopic (exact) mass is 361 g/mol. The number of ketones is 1. The van der Waals surface area contributed by atoms with Crippen molar-refractivity contribution in [2.75, 3.05) is 20.1 Å². The molecule has 0 atom stereocenters. The number of nitrogens with zero attached hydrogens (tertiary/aromatic N) is 5. The Labute approximate surface area is 158 Å². The van der Waals surface area contributed by atoms with Gasteiger partial charge in [-0.05, 0) is 42.8 Å². The number of likely N-dealkylation sites (tertiary alicyclic amines) is 1. The number of hydrogen-bond acceptors (Lipinski definition) is 5. The minimum Gasteiger partial charge on any atom is -0.305 e. The maximum absolute atomic E-state index is 12.7. The van der Waals surface area contributed by atoms with Crippen LogP contribution in [-0.4, -0.2) is 50.6 Å². The highest BCUT2D eigenvalue weighted by atomic mass is 16.1. The first-order chi connectivity index (χ1) is 13.0. The summed E-state index contributed by atoms with van der Waals surface area (Å²) in [5.74, 6) is 0.558. The molecule has 1 spiro atoms. The summed E-state index contributed by atoms with van der Waals surface area (Å²) in [5, 5.41) is 6.26. The molecule has 1 aliphatic carbocycles. The molecule has 1 saturated carbocycles. The van der Waals surface area contributed by atoms with Gasteiger partial charge < -0.3 is 4.90 Å². The second kappa shape index (κ2) is 5.96. The fraction of sp³-hybridized carbons (Fsp3) is 0.429. The molecule has 0 N–H and O–H groups in total. The Hall–Kier alpha value is -2.60. The third-order valence-corrected chi connectivity index (χ3v) is 6.04. The number of rotatable bonds is 4. The summed E-state index contributed by atoms with van der Waals surface area (Å²) >= 11 is 0. The van der Waals surface area contributed by atoms with Crippen molar-refractivity contribution in [1.82, 2.24) is 24.6 Å². The summed E-state index contributed by atoms with van der Waals surface area (Å²) in [7, 11) is 4.04. The molecule has 27 heavy (non-hydrogen) atoms. The molecule has 0 bridgehead atoms. The Morgan fingerprint density at radius 2 is 1.89 bits per heavy atom. The number of hydrogen-bond donors (Lipinski definition) is 0. The highest BCUT2D eigenvalue weighted by Gasteiger charge is 2.52. The van der Waals surface area contributed by atoms with Crippen LogP contribution >= 0.6 is 0 Å². The third-order valence-electron chi connectivity index (χ3n) is 6.04. The van der Waals surface area contributed by atoms with Crippen molar-refractivity contribution in [3.05, 3.63) is 42.6 Å². The molecule has 1 aliphatic heterocycles. The molecule has 4 heterocycles. The van der Waals surface area contributed by atoms with Gasteiger partial charge in [-0.15, -0.1) is 0 Å². The summed E-state index contributed by atoms with van der Waals surface area (Å²) in [6, 6.07) is 4.07. The fourth-order valence-corrected chi connectivity index (χ4v) is 4.78. The molecule has 6 nitrogen and oxygen atoms in total. The van der Waals surface area contributed by atoms with Gasteiger partial charge in [0.1, 0.15) is 5.78 Å². The lowest BCUT2D eigenvalue weighted by molar-refractivity contribution is -0.139. The van der Waals surface area contributed by atoms with Crippen molar-refractivity contribution in [1.29, 1.82) is 0 Å². The Morgan fingerprint density at radius 3 is 2.59 bits per heavy atom. The van der Waals surface area contributed by atoms with Gasteiger partial charge >= 0.3 is 0 Å². The molecular weight excluding hydrogens is 338 g/mol. The van der Waals surface area contributed by atoms with Crippen molar-refractivity contribution in [3.63, 3.8) is 0 Å². The Balaban J connectivity index is 1.32. The van der Waals surface area contributed by atoms with Gasteiger partial charge in [0.05, 0.1) is 11.9 Å². The first-order valence-electron chi connectivity index (χ1n) is 9.45. The van der Waals surface area contributed by atoms with Crippen molar-refractivity contribution >= 4 is 16.6 Å². The zero-order chi connectivity index (χ0) is 18.6.